The lowest BCUT2D eigenvalue weighted by molar-refractivity contribution is -0.140. The summed E-state index contributed by atoms with van der Waals surface area (Å²) >= 11 is 1.42. The number of rotatable bonds is 8. The molecule has 0 radical (unpaired) electrons. The Morgan fingerprint density at radius 1 is 1.42 bits per heavy atom. The molecule has 0 saturated heterocycles. The SMILES string of the molecule is C#CC(CC)(CC)NC(=O)CSC(C)CC(=O)OC. The van der Waals surface area contributed by atoms with Gasteiger partial charge in [-0.05, 0) is 12.8 Å². The molecule has 4 nitrogen and oxygen atoms in total. The number of carbonyl (C=O) groups is 2. The zero-order valence-corrected chi connectivity index (χ0v) is 12.9. The van der Waals surface area contributed by atoms with Gasteiger partial charge < -0.3 is 10.1 Å². The average molecular weight is 285 g/mol. The molecular formula is C14H23NO3S. The van der Waals surface area contributed by atoms with Crippen LogP contribution in [0.2, 0.25) is 0 Å². The summed E-state index contributed by atoms with van der Waals surface area (Å²) in [7, 11) is 1.36. The van der Waals surface area contributed by atoms with Gasteiger partial charge in [0.25, 0.3) is 0 Å². The molecule has 1 amide bonds. The maximum atomic E-state index is 11.9. The van der Waals surface area contributed by atoms with Crippen molar-refractivity contribution in [3.05, 3.63) is 0 Å². The normalized spacial score (nSPS) is 12.4. The number of hydrogen-bond acceptors (Lipinski definition) is 4. The Morgan fingerprint density at radius 3 is 2.42 bits per heavy atom. The molecule has 0 aromatic rings. The average Bonchev–Trinajstić information content (AvgIpc) is 2.42. The number of ether oxygens (including phenoxy) is 1. The first kappa shape index (κ1) is 17.8. The lowest BCUT2D eigenvalue weighted by Gasteiger charge is -2.27. The van der Waals surface area contributed by atoms with Crippen molar-refractivity contribution in [1.82, 2.24) is 5.32 Å². The van der Waals surface area contributed by atoms with E-state index in [1.165, 1.54) is 18.9 Å². The topological polar surface area (TPSA) is 55.4 Å². The van der Waals surface area contributed by atoms with Crippen LogP contribution in [0, 0.1) is 12.3 Å². The van der Waals surface area contributed by atoms with Gasteiger partial charge in [0.05, 0.1) is 19.3 Å². The van der Waals surface area contributed by atoms with Crippen molar-refractivity contribution < 1.29 is 14.3 Å². The molecule has 0 aliphatic heterocycles. The number of esters is 1. The van der Waals surface area contributed by atoms with E-state index in [1.54, 1.807) is 0 Å². The van der Waals surface area contributed by atoms with Gasteiger partial charge in [-0.3, -0.25) is 9.59 Å². The van der Waals surface area contributed by atoms with Gasteiger partial charge in [-0.2, -0.15) is 0 Å². The quantitative estimate of drug-likeness (QED) is 0.547. The molecule has 0 aliphatic carbocycles. The predicted octanol–water partition coefficient (Wildman–Crippen LogP) is 1.98. The Bertz CT molecular complexity index is 345. The molecule has 0 aliphatic rings. The van der Waals surface area contributed by atoms with Crippen molar-refractivity contribution >= 4 is 23.6 Å². The third-order valence-electron chi connectivity index (χ3n) is 3.04. The zero-order chi connectivity index (χ0) is 14.9. The van der Waals surface area contributed by atoms with E-state index in [4.69, 9.17) is 6.42 Å². The largest absolute Gasteiger partial charge is 0.469 e. The van der Waals surface area contributed by atoms with Gasteiger partial charge in [0.1, 0.15) is 5.54 Å². The number of hydrogen-bond donors (Lipinski definition) is 1. The van der Waals surface area contributed by atoms with Crippen LogP contribution in [0.4, 0.5) is 0 Å². The molecule has 1 atom stereocenters. The van der Waals surface area contributed by atoms with Gasteiger partial charge in [0.2, 0.25) is 5.91 Å². The minimum Gasteiger partial charge on any atom is -0.469 e. The highest BCUT2D eigenvalue weighted by Gasteiger charge is 2.25. The molecule has 0 fully saturated rings. The van der Waals surface area contributed by atoms with Crippen LogP contribution in [-0.2, 0) is 14.3 Å². The molecule has 5 heteroatoms. The fraction of sp³-hybridized carbons (Fsp3) is 0.714. The summed E-state index contributed by atoms with van der Waals surface area (Å²) in [6.45, 7) is 5.80. The van der Waals surface area contributed by atoms with Crippen molar-refractivity contribution in [1.29, 1.82) is 0 Å². The van der Waals surface area contributed by atoms with Crippen LogP contribution in [0.25, 0.3) is 0 Å². The highest BCUT2D eigenvalue weighted by molar-refractivity contribution is 8.00. The molecule has 0 saturated carbocycles. The lowest BCUT2D eigenvalue weighted by atomic mass is 9.94. The lowest BCUT2D eigenvalue weighted by Crippen LogP contribution is -2.47. The second-order valence-electron chi connectivity index (χ2n) is 4.38. The molecule has 0 rings (SSSR count). The van der Waals surface area contributed by atoms with Crippen molar-refractivity contribution in [3.63, 3.8) is 0 Å². The van der Waals surface area contributed by atoms with Gasteiger partial charge in [-0.25, -0.2) is 0 Å². The Hall–Kier alpha value is -1.15. The molecule has 0 aromatic heterocycles. The minimum atomic E-state index is -0.552. The van der Waals surface area contributed by atoms with E-state index in [9.17, 15) is 9.59 Å². The standard InChI is InChI=1S/C14H23NO3S/c1-6-14(7-2,8-3)15-12(16)10-19-11(4)9-13(17)18-5/h1,11H,7-10H2,2-5H3,(H,15,16). The number of methoxy groups -OCH3 is 1. The van der Waals surface area contributed by atoms with Gasteiger partial charge in [-0.1, -0.05) is 26.7 Å². The summed E-state index contributed by atoms with van der Waals surface area (Å²) in [6, 6.07) is 0. The summed E-state index contributed by atoms with van der Waals surface area (Å²) in [5.74, 6) is 2.60. The van der Waals surface area contributed by atoms with E-state index < -0.39 is 5.54 Å². The van der Waals surface area contributed by atoms with Crippen LogP contribution >= 0.6 is 11.8 Å². The van der Waals surface area contributed by atoms with E-state index in [1.807, 2.05) is 20.8 Å². The van der Waals surface area contributed by atoms with Crippen molar-refractivity contribution in [2.75, 3.05) is 12.9 Å². The molecule has 19 heavy (non-hydrogen) atoms. The van der Waals surface area contributed by atoms with E-state index >= 15 is 0 Å². The van der Waals surface area contributed by atoms with Crippen LogP contribution in [0.15, 0.2) is 0 Å². The minimum absolute atomic E-state index is 0.0432. The zero-order valence-electron chi connectivity index (χ0n) is 12.1. The molecule has 1 unspecified atom stereocenters. The highest BCUT2D eigenvalue weighted by Crippen LogP contribution is 2.17. The van der Waals surface area contributed by atoms with Crippen LogP contribution in [0.5, 0.6) is 0 Å². The Balaban J connectivity index is 4.19. The molecule has 0 bridgehead atoms. The second kappa shape index (κ2) is 8.87. The summed E-state index contributed by atoms with van der Waals surface area (Å²) in [5.41, 5.74) is -0.552. The molecule has 0 spiro atoms. The van der Waals surface area contributed by atoms with Crippen LogP contribution < -0.4 is 5.32 Å². The first-order valence-corrected chi connectivity index (χ1v) is 7.45. The maximum Gasteiger partial charge on any atom is 0.306 e. The third kappa shape index (κ3) is 6.53. The smallest absolute Gasteiger partial charge is 0.306 e. The van der Waals surface area contributed by atoms with Gasteiger partial charge in [0, 0.05) is 5.25 Å². The van der Waals surface area contributed by atoms with Crippen LogP contribution in [-0.4, -0.2) is 35.5 Å². The van der Waals surface area contributed by atoms with E-state index in [0.29, 0.717) is 25.0 Å². The fourth-order valence-corrected chi connectivity index (χ4v) is 2.33. The maximum absolute atomic E-state index is 11.9. The van der Waals surface area contributed by atoms with E-state index in [0.717, 1.165) is 0 Å². The fourth-order valence-electron chi connectivity index (χ4n) is 1.56. The molecule has 0 heterocycles. The highest BCUT2D eigenvalue weighted by atomic mass is 32.2. The molecule has 1 N–H and O–H groups in total. The number of amides is 1. The number of carbonyl (C=O) groups excluding carboxylic acids is 2. The Labute approximate surface area is 120 Å². The van der Waals surface area contributed by atoms with E-state index in [-0.39, 0.29) is 17.1 Å². The van der Waals surface area contributed by atoms with Gasteiger partial charge in [-0.15, -0.1) is 18.2 Å². The summed E-state index contributed by atoms with van der Waals surface area (Å²) in [6.07, 6.45) is 7.19. The van der Waals surface area contributed by atoms with Crippen LogP contribution in [0.3, 0.4) is 0 Å². The predicted molar refractivity (Wildman–Crippen MR) is 78.8 cm³/mol. The second-order valence-corrected chi connectivity index (χ2v) is 5.81. The van der Waals surface area contributed by atoms with Crippen LogP contribution in [0.1, 0.15) is 40.0 Å². The Morgan fingerprint density at radius 2 is 2.00 bits per heavy atom. The molecular weight excluding hydrogens is 262 g/mol. The number of thioether (sulfide) groups is 1. The first-order chi connectivity index (χ1) is 8.92. The van der Waals surface area contributed by atoms with Gasteiger partial charge >= 0.3 is 5.97 Å². The number of terminal acetylenes is 1. The van der Waals surface area contributed by atoms with Crippen molar-refractivity contribution in [2.24, 2.45) is 0 Å². The van der Waals surface area contributed by atoms with Gasteiger partial charge in [0.15, 0.2) is 0 Å². The van der Waals surface area contributed by atoms with Crippen molar-refractivity contribution in [3.8, 4) is 12.3 Å². The monoisotopic (exact) mass is 285 g/mol. The third-order valence-corrected chi connectivity index (χ3v) is 4.21. The summed E-state index contributed by atoms with van der Waals surface area (Å²) in [5, 5.41) is 2.93. The summed E-state index contributed by atoms with van der Waals surface area (Å²) < 4.78 is 4.58. The molecule has 108 valence electrons. The Kier molecular flexibility index (Phi) is 8.33. The first-order valence-electron chi connectivity index (χ1n) is 6.40. The number of nitrogens with one attached hydrogen (secondary N) is 1. The summed E-state index contributed by atoms with van der Waals surface area (Å²) in [4.78, 5) is 22.9. The van der Waals surface area contributed by atoms with Crippen molar-refractivity contribution in [2.45, 2.75) is 50.8 Å². The van der Waals surface area contributed by atoms with E-state index in [2.05, 4.69) is 16.0 Å². The molecule has 0 aromatic carbocycles.